The van der Waals surface area contributed by atoms with Gasteiger partial charge in [-0.05, 0) is 12.1 Å². The average molecular weight is 235 g/mol. The number of aromatic nitrogens is 2. The minimum atomic E-state index is -4.23. The van der Waals surface area contributed by atoms with Gasteiger partial charge in [0.05, 0.1) is 6.42 Å². The third-order valence-electron chi connectivity index (χ3n) is 1.60. The molecule has 1 aromatic heterocycles. The zero-order chi connectivity index (χ0) is 12.2. The highest BCUT2D eigenvalue weighted by Crippen LogP contribution is 2.19. The molecule has 0 saturated heterocycles. The first kappa shape index (κ1) is 12.2. The van der Waals surface area contributed by atoms with Gasteiger partial charge in [0.1, 0.15) is 5.82 Å². The second-order valence-corrected chi connectivity index (χ2v) is 2.90. The standard InChI is InChI=1S/C8H8F3N3O2/c9-8(10,11)3-4-12-6-2-1-5(7(15)16)13-14-6/h1-2H,3-4H2,(H,12,14)(H,15,16). The Bertz CT molecular complexity index is 364. The Labute approximate surface area is 88.3 Å². The Hall–Kier alpha value is -1.86. The van der Waals surface area contributed by atoms with Crippen molar-refractivity contribution in [3.05, 3.63) is 17.8 Å². The van der Waals surface area contributed by atoms with E-state index in [0.717, 1.165) is 6.07 Å². The molecule has 0 amide bonds. The van der Waals surface area contributed by atoms with E-state index in [1.165, 1.54) is 6.07 Å². The normalized spacial score (nSPS) is 11.2. The predicted molar refractivity (Wildman–Crippen MR) is 48.2 cm³/mol. The van der Waals surface area contributed by atoms with E-state index < -0.39 is 18.6 Å². The molecule has 0 fully saturated rings. The molecule has 0 aliphatic rings. The van der Waals surface area contributed by atoms with Crippen LogP contribution in [0.2, 0.25) is 0 Å². The van der Waals surface area contributed by atoms with Crippen molar-refractivity contribution in [3.8, 4) is 0 Å². The number of carboxylic acids is 1. The minimum absolute atomic E-state index is 0.106. The predicted octanol–water partition coefficient (Wildman–Crippen LogP) is 1.54. The molecule has 0 atom stereocenters. The lowest BCUT2D eigenvalue weighted by molar-refractivity contribution is -0.131. The van der Waals surface area contributed by atoms with Crippen LogP contribution in [0.4, 0.5) is 19.0 Å². The van der Waals surface area contributed by atoms with E-state index in [4.69, 9.17) is 5.11 Å². The largest absolute Gasteiger partial charge is 0.476 e. The molecule has 0 saturated carbocycles. The number of halogens is 3. The quantitative estimate of drug-likeness (QED) is 0.827. The second kappa shape index (κ2) is 4.77. The smallest absolute Gasteiger partial charge is 0.390 e. The molecular formula is C8H8F3N3O2. The zero-order valence-corrected chi connectivity index (χ0v) is 7.95. The van der Waals surface area contributed by atoms with Crippen LogP contribution in [-0.4, -0.2) is 34.0 Å². The Balaban J connectivity index is 2.47. The number of alkyl halides is 3. The van der Waals surface area contributed by atoms with Crippen LogP contribution >= 0.6 is 0 Å². The van der Waals surface area contributed by atoms with E-state index >= 15 is 0 Å². The molecule has 16 heavy (non-hydrogen) atoms. The third kappa shape index (κ3) is 4.11. The van der Waals surface area contributed by atoms with E-state index in [0.29, 0.717) is 0 Å². The molecule has 0 unspecified atom stereocenters. The van der Waals surface area contributed by atoms with Crippen LogP contribution in [0.15, 0.2) is 12.1 Å². The van der Waals surface area contributed by atoms with Crippen LogP contribution < -0.4 is 5.32 Å². The highest BCUT2D eigenvalue weighted by atomic mass is 19.4. The summed E-state index contributed by atoms with van der Waals surface area (Å²) in [4.78, 5) is 10.4. The summed E-state index contributed by atoms with van der Waals surface area (Å²) in [5, 5.41) is 17.6. The molecule has 0 aliphatic carbocycles. The molecule has 1 rings (SSSR count). The lowest BCUT2D eigenvalue weighted by Gasteiger charge is -2.07. The Morgan fingerprint density at radius 3 is 2.50 bits per heavy atom. The number of aromatic carboxylic acids is 1. The maximum Gasteiger partial charge on any atom is 0.390 e. The summed E-state index contributed by atoms with van der Waals surface area (Å²) in [6.07, 6.45) is -5.23. The molecule has 2 N–H and O–H groups in total. The zero-order valence-electron chi connectivity index (χ0n) is 7.95. The first-order chi connectivity index (χ1) is 7.38. The van der Waals surface area contributed by atoms with Gasteiger partial charge < -0.3 is 10.4 Å². The first-order valence-corrected chi connectivity index (χ1v) is 4.26. The highest BCUT2D eigenvalue weighted by Gasteiger charge is 2.26. The van der Waals surface area contributed by atoms with E-state index in [9.17, 15) is 18.0 Å². The molecule has 0 aliphatic heterocycles. The van der Waals surface area contributed by atoms with Crippen LogP contribution in [0.25, 0.3) is 0 Å². The summed E-state index contributed by atoms with van der Waals surface area (Å²) in [5.41, 5.74) is -0.263. The summed E-state index contributed by atoms with van der Waals surface area (Å²) in [6, 6.07) is 2.41. The lowest BCUT2D eigenvalue weighted by atomic mass is 10.3. The summed E-state index contributed by atoms with van der Waals surface area (Å²) in [5.74, 6) is -1.14. The number of nitrogens with one attached hydrogen (secondary N) is 1. The van der Waals surface area contributed by atoms with Crippen molar-refractivity contribution in [3.63, 3.8) is 0 Å². The maximum absolute atomic E-state index is 11.8. The molecule has 0 aromatic carbocycles. The van der Waals surface area contributed by atoms with E-state index in [1.807, 2.05) is 0 Å². The number of nitrogens with zero attached hydrogens (tertiary/aromatic N) is 2. The Morgan fingerprint density at radius 1 is 1.38 bits per heavy atom. The number of rotatable bonds is 4. The number of hydrogen-bond acceptors (Lipinski definition) is 4. The molecule has 88 valence electrons. The molecule has 5 nitrogen and oxygen atoms in total. The third-order valence-corrected chi connectivity index (χ3v) is 1.60. The number of anilines is 1. The molecule has 1 aromatic rings. The Kier molecular flexibility index (Phi) is 3.64. The van der Waals surface area contributed by atoms with Crippen molar-refractivity contribution >= 4 is 11.8 Å². The van der Waals surface area contributed by atoms with Crippen LogP contribution in [0.5, 0.6) is 0 Å². The molecule has 8 heteroatoms. The van der Waals surface area contributed by atoms with Gasteiger partial charge in [0.15, 0.2) is 5.69 Å². The molecular weight excluding hydrogens is 227 g/mol. The monoisotopic (exact) mass is 235 g/mol. The number of carboxylic acid groups (broad SMARTS) is 1. The molecule has 0 spiro atoms. The molecule has 0 radical (unpaired) electrons. The summed E-state index contributed by atoms with van der Waals surface area (Å²) >= 11 is 0. The fourth-order valence-electron chi connectivity index (χ4n) is 0.873. The lowest BCUT2D eigenvalue weighted by Crippen LogP contribution is -2.15. The van der Waals surface area contributed by atoms with Gasteiger partial charge in [-0.25, -0.2) is 4.79 Å². The molecule has 0 bridgehead atoms. The van der Waals surface area contributed by atoms with Crippen molar-refractivity contribution < 1.29 is 23.1 Å². The van der Waals surface area contributed by atoms with Crippen molar-refractivity contribution in [2.75, 3.05) is 11.9 Å². The van der Waals surface area contributed by atoms with Gasteiger partial charge in [-0.2, -0.15) is 13.2 Å². The van der Waals surface area contributed by atoms with Crippen LogP contribution in [0, 0.1) is 0 Å². The van der Waals surface area contributed by atoms with Crippen LogP contribution in [-0.2, 0) is 0 Å². The van der Waals surface area contributed by atoms with Crippen LogP contribution in [0.3, 0.4) is 0 Å². The van der Waals surface area contributed by atoms with Crippen molar-refractivity contribution in [1.82, 2.24) is 10.2 Å². The van der Waals surface area contributed by atoms with E-state index in [-0.39, 0.29) is 18.1 Å². The fraction of sp³-hybridized carbons (Fsp3) is 0.375. The minimum Gasteiger partial charge on any atom is -0.476 e. The van der Waals surface area contributed by atoms with E-state index in [1.54, 1.807) is 0 Å². The van der Waals surface area contributed by atoms with E-state index in [2.05, 4.69) is 15.5 Å². The highest BCUT2D eigenvalue weighted by molar-refractivity contribution is 5.85. The van der Waals surface area contributed by atoms with Crippen molar-refractivity contribution in [2.45, 2.75) is 12.6 Å². The van der Waals surface area contributed by atoms with Gasteiger partial charge in [-0.3, -0.25) is 0 Å². The van der Waals surface area contributed by atoms with Crippen molar-refractivity contribution in [1.29, 1.82) is 0 Å². The van der Waals surface area contributed by atoms with Gasteiger partial charge in [0.25, 0.3) is 0 Å². The average Bonchev–Trinajstić information content (AvgIpc) is 2.16. The van der Waals surface area contributed by atoms with Crippen molar-refractivity contribution in [2.24, 2.45) is 0 Å². The number of carbonyl (C=O) groups is 1. The van der Waals surface area contributed by atoms with Gasteiger partial charge in [-0.15, -0.1) is 10.2 Å². The SMILES string of the molecule is O=C(O)c1ccc(NCCC(F)(F)F)nn1. The number of hydrogen-bond donors (Lipinski definition) is 2. The first-order valence-electron chi connectivity index (χ1n) is 4.26. The van der Waals surface area contributed by atoms with Crippen LogP contribution in [0.1, 0.15) is 16.9 Å². The van der Waals surface area contributed by atoms with Gasteiger partial charge in [-0.1, -0.05) is 0 Å². The summed E-state index contributed by atoms with van der Waals surface area (Å²) in [6.45, 7) is -0.329. The van der Waals surface area contributed by atoms with Gasteiger partial charge in [0.2, 0.25) is 0 Å². The Morgan fingerprint density at radius 2 is 2.06 bits per heavy atom. The maximum atomic E-state index is 11.8. The van der Waals surface area contributed by atoms with Gasteiger partial charge in [0, 0.05) is 6.54 Å². The summed E-state index contributed by atoms with van der Waals surface area (Å²) < 4.78 is 35.3. The van der Waals surface area contributed by atoms with Gasteiger partial charge >= 0.3 is 12.1 Å². The fourth-order valence-corrected chi connectivity index (χ4v) is 0.873. The molecule has 1 heterocycles. The summed E-state index contributed by atoms with van der Waals surface area (Å²) in [7, 11) is 0. The topological polar surface area (TPSA) is 75.1 Å². The second-order valence-electron chi connectivity index (χ2n) is 2.90.